The van der Waals surface area contributed by atoms with Gasteiger partial charge in [-0.3, -0.25) is 4.79 Å². The summed E-state index contributed by atoms with van der Waals surface area (Å²) in [6.07, 6.45) is 2.02. The zero-order chi connectivity index (χ0) is 22.0. The molecule has 0 bridgehead atoms. The number of aryl methyl sites for hydroxylation is 1. The molecular formula is C21H22N2O5S3. The molecule has 0 saturated heterocycles. The molecule has 0 fully saturated rings. The highest BCUT2D eigenvalue weighted by atomic mass is 32.2. The first-order chi connectivity index (χ1) is 14.9. The van der Waals surface area contributed by atoms with Crippen LogP contribution in [0, 0.1) is 0 Å². The number of nitrogens with zero attached hydrogens (tertiary/aromatic N) is 2. The van der Waals surface area contributed by atoms with Gasteiger partial charge in [0.1, 0.15) is 13.2 Å². The van der Waals surface area contributed by atoms with Gasteiger partial charge in [-0.15, -0.1) is 0 Å². The number of amides is 1. The Balaban J connectivity index is 1.86. The van der Waals surface area contributed by atoms with Gasteiger partial charge in [0, 0.05) is 24.4 Å². The number of thioether (sulfide) groups is 1. The molecule has 0 unspecified atom stereocenters. The van der Waals surface area contributed by atoms with E-state index in [-0.39, 0.29) is 16.2 Å². The smallest absolute Gasteiger partial charge is 0.280 e. The third kappa shape index (κ3) is 4.37. The van der Waals surface area contributed by atoms with Gasteiger partial charge >= 0.3 is 0 Å². The lowest BCUT2D eigenvalue weighted by Gasteiger charge is -2.18. The van der Waals surface area contributed by atoms with Crippen molar-refractivity contribution in [2.45, 2.75) is 18.4 Å². The van der Waals surface area contributed by atoms with Crippen molar-refractivity contribution in [3.63, 3.8) is 0 Å². The maximum atomic E-state index is 13.1. The molecule has 1 aromatic heterocycles. The Morgan fingerprint density at radius 3 is 2.61 bits per heavy atom. The predicted molar refractivity (Wildman–Crippen MR) is 123 cm³/mol. The summed E-state index contributed by atoms with van der Waals surface area (Å²) in [4.78, 5) is 17.9. The van der Waals surface area contributed by atoms with Crippen LogP contribution < -0.4 is 14.3 Å². The van der Waals surface area contributed by atoms with Crippen LogP contribution in [0.1, 0.15) is 17.3 Å². The number of carbonyl (C=O) groups is 1. The van der Waals surface area contributed by atoms with Gasteiger partial charge in [0.05, 0.1) is 26.4 Å². The van der Waals surface area contributed by atoms with E-state index in [9.17, 15) is 13.2 Å². The summed E-state index contributed by atoms with van der Waals surface area (Å²) in [5.74, 6) is 1.53. The lowest BCUT2D eigenvalue weighted by Crippen LogP contribution is -2.19. The van der Waals surface area contributed by atoms with Crippen LogP contribution in [0.25, 0.3) is 10.2 Å². The zero-order valence-corrected chi connectivity index (χ0v) is 19.6. The summed E-state index contributed by atoms with van der Waals surface area (Å²) < 4.78 is 39.2. The van der Waals surface area contributed by atoms with Gasteiger partial charge in [0.25, 0.3) is 5.91 Å². The molecule has 1 aliphatic rings. The Kier molecular flexibility index (Phi) is 6.40. The van der Waals surface area contributed by atoms with E-state index in [1.54, 1.807) is 30.8 Å². The highest BCUT2D eigenvalue weighted by Crippen LogP contribution is 2.35. The molecule has 0 atom stereocenters. The Bertz CT molecular complexity index is 1310. The van der Waals surface area contributed by atoms with E-state index in [0.29, 0.717) is 36.1 Å². The zero-order valence-electron chi connectivity index (χ0n) is 17.2. The first-order valence-corrected chi connectivity index (χ1v) is 13.6. The van der Waals surface area contributed by atoms with Crippen molar-refractivity contribution < 1.29 is 22.7 Å². The van der Waals surface area contributed by atoms with Crippen LogP contribution in [0.3, 0.4) is 0 Å². The van der Waals surface area contributed by atoms with Gasteiger partial charge < -0.3 is 14.0 Å². The van der Waals surface area contributed by atoms with E-state index in [4.69, 9.17) is 9.47 Å². The lowest BCUT2D eigenvalue weighted by atomic mass is 10.2. The van der Waals surface area contributed by atoms with Crippen LogP contribution in [-0.4, -0.2) is 49.9 Å². The second-order valence-corrected chi connectivity index (χ2v) is 11.1. The molecule has 2 heterocycles. The van der Waals surface area contributed by atoms with E-state index in [0.717, 1.165) is 16.0 Å². The monoisotopic (exact) mass is 478 g/mol. The molecule has 0 radical (unpaired) electrons. The quantitative estimate of drug-likeness (QED) is 0.540. The van der Waals surface area contributed by atoms with Crippen LogP contribution in [0.15, 0.2) is 46.3 Å². The van der Waals surface area contributed by atoms with Gasteiger partial charge in [0.15, 0.2) is 26.1 Å². The third-order valence-corrected chi connectivity index (χ3v) is 8.31. The minimum atomic E-state index is -3.55. The number of sulfone groups is 1. The summed E-state index contributed by atoms with van der Waals surface area (Å²) >= 11 is 3.06. The normalized spacial score (nSPS) is 14.2. The summed E-state index contributed by atoms with van der Waals surface area (Å²) in [5, 5.41) is 0. The summed E-state index contributed by atoms with van der Waals surface area (Å²) in [7, 11) is -3.55. The van der Waals surface area contributed by atoms with Crippen LogP contribution in [0.4, 0.5) is 0 Å². The summed E-state index contributed by atoms with van der Waals surface area (Å²) in [5.41, 5.74) is 0.994. The average molecular weight is 479 g/mol. The maximum Gasteiger partial charge on any atom is 0.280 e. The van der Waals surface area contributed by atoms with Crippen molar-refractivity contribution in [2.75, 3.05) is 31.0 Å². The number of aromatic nitrogens is 1. The number of rotatable bonds is 6. The molecular weight excluding hydrogens is 456 g/mol. The largest absolute Gasteiger partial charge is 0.486 e. The van der Waals surface area contributed by atoms with Gasteiger partial charge in [-0.1, -0.05) is 30.4 Å². The molecule has 10 heteroatoms. The van der Waals surface area contributed by atoms with E-state index in [1.165, 1.54) is 23.5 Å². The highest BCUT2D eigenvalue weighted by Gasteiger charge is 2.21. The maximum absolute atomic E-state index is 13.1. The SMILES string of the molecule is CCS(=O)(=O)c1ccccc1C(=O)N=c1sc2cc3c(cc2n1CCSC)OCCO3. The molecule has 3 aromatic rings. The van der Waals surface area contributed by atoms with Crippen LogP contribution in [0.5, 0.6) is 11.5 Å². The van der Waals surface area contributed by atoms with Gasteiger partial charge in [-0.25, -0.2) is 8.42 Å². The second kappa shape index (κ2) is 9.05. The van der Waals surface area contributed by atoms with Crippen molar-refractivity contribution in [1.82, 2.24) is 4.57 Å². The van der Waals surface area contributed by atoms with Crippen LogP contribution >= 0.6 is 23.1 Å². The van der Waals surface area contributed by atoms with E-state index in [2.05, 4.69) is 4.99 Å². The Hall–Kier alpha value is -2.30. The van der Waals surface area contributed by atoms with Gasteiger partial charge in [-0.2, -0.15) is 16.8 Å². The number of benzene rings is 2. The van der Waals surface area contributed by atoms with Crippen molar-refractivity contribution in [3.8, 4) is 11.5 Å². The fourth-order valence-electron chi connectivity index (χ4n) is 3.31. The number of carbonyl (C=O) groups excluding carboxylic acids is 1. The fourth-order valence-corrected chi connectivity index (χ4v) is 5.82. The molecule has 164 valence electrons. The van der Waals surface area contributed by atoms with E-state index in [1.807, 2.05) is 23.0 Å². The number of fused-ring (bicyclic) bond motifs is 2. The average Bonchev–Trinajstić information content (AvgIpc) is 3.11. The number of ether oxygens (including phenoxy) is 2. The Morgan fingerprint density at radius 2 is 1.90 bits per heavy atom. The molecule has 0 aliphatic carbocycles. The Morgan fingerprint density at radius 1 is 1.19 bits per heavy atom. The number of hydrogen-bond donors (Lipinski definition) is 0. The molecule has 31 heavy (non-hydrogen) atoms. The van der Waals surface area contributed by atoms with E-state index < -0.39 is 15.7 Å². The Labute approximate surface area is 188 Å². The fraction of sp³-hybridized carbons (Fsp3) is 0.333. The summed E-state index contributed by atoms with van der Waals surface area (Å²) in [6.45, 7) is 3.20. The molecule has 0 N–H and O–H groups in total. The van der Waals surface area contributed by atoms with Crippen LogP contribution in [0.2, 0.25) is 0 Å². The van der Waals surface area contributed by atoms with Gasteiger partial charge in [0.2, 0.25) is 0 Å². The first-order valence-electron chi connectivity index (χ1n) is 9.77. The molecule has 0 saturated carbocycles. The van der Waals surface area contributed by atoms with Gasteiger partial charge in [-0.05, 0) is 18.4 Å². The standard InChI is InChI=1S/C21H22N2O5S3/c1-3-31(25,26)19-7-5-4-6-14(19)20(24)22-21-23(8-11-29-2)15-12-16-17(13-18(15)30-21)28-10-9-27-16/h4-7,12-13H,3,8-11H2,1-2H3. The summed E-state index contributed by atoms with van der Waals surface area (Å²) in [6, 6.07) is 10.0. The molecule has 4 rings (SSSR count). The third-order valence-electron chi connectivity index (χ3n) is 4.90. The number of hydrogen-bond acceptors (Lipinski definition) is 7. The molecule has 1 aliphatic heterocycles. The van der Waals surface area contributed by atoms with Crippen molar-refractivity contribution in [1.29, 1.82) is 0 Å². The van der Waals surface area contributed by atoms with Crippen molar-refractivity contribution >= 4 is 49.1 Å². The molecule has 7 nitrogen and oxygen atoms in total. The molecule has 1 amide bonds. The highest BCUT2D eigenvalue weighted by molar-refractivity contribution is 7.98. The van der Waals surface area contributed by atoms with Crippen molar-refractivity contribution in [3.05, 3.63) is 46.8 Å². The molecule has 2 aromatic carbocycles. The minimum absolute atomic E-state index is 0.0142. The lowest BCUT2D eigenvalue weighted by molar-refractivity contribution is 0.0994. The first kappa shape index (κ1) is 21.9. The second-order valence-electron chi connectivity index (χ2n) is 6.81. The van der Waals surface area contributed by atoms with E-state index >= 15 is 0 Å². The number of thiazole rings is 1. The minimum Gasteiger partial charge on any atom is -0.486 e. The topological polar surface area (TPSA) is 87.0 Å². The van der Waals surface area contributed by atoms with Crippen LogP contribution in [-0.2, 0) is 16.4 Å². The predicted octanol–water partition coefficient (Wildman–Crippen LogP) is 3.37. The van der Waals surface area contributed by atoms with Crippen molar-refractivity contribution in [2.24, 2.45) is 4.99 Å². The molecule has 0 spiro atoms.